The van der Waals surface area contributed by atoms with Gasteiger partial charge in [0.1, 0.15) is 0 Å². The van der Waals surface area contributed by atoms with Gasteiger partial charge in [-0.15, -0.1) is 0 Å². The first-order valence-electron chi connectivity index (χ1n) is 7.33. The highest BCUT2D eigenvalue weighted by Gasteiger charge is 1.90. The lowest BCUT2D eigenvalue weighted by atomic mass is 10.1. The summed E-state index contributed by atoms with van der Waals surface area (Å²) in [4.78, 5) is 0. The summed E-state index contributed by atoms with van der Waals surface area (Å²) in [5, 5.41) is 8.06. The largest absolute Gasteiger partial charge is 0.394 e. The van der Waals surface area contributed by atoms with Crippen LogP contribution in [0.3, 0.4) is 0 Å². The average molecular weight is 230 g/mol. The maximum atomic E-state index is 8.06. The van der Waals surface area contributed by atoms with Gasteiger partial charge in [-0.1, -0.05) is 78.1 Å². The Bertz CT molecular complexity index is 86.9. The Morgan fingerprint density at radius 1 is 0.625 bits per heavy atom. The third kappa shape index (κ3) is 29.2. The van der Waals surface area contributed by atoms with Crippen LogP contribution in [0.2, 0.25) is 0 Å². The molecule has 0 spiro atoms. The molecule has 100 valence electrons. The van der Waals surface area contributed by atoms with Crippen LogP contribution in [-0.4, -0.2) is 11.2 Å². The smallest absolute Gasteiger partial charge is 0.0483 e. The molecule has 0 aliphatic heterocycles. The predicted molar refractivity (Wildman–Crippen MR) is 74.9 cm³/mol. The number of aliphatic hydroxyl groups excluding tert-OH is 1. The Kier molecular flexibility index (Phi) is 19.9. The zero-order valence-electron chi connectivity index (χ0n) is 12.1. The summed E-state index contributed by atoms with van der Waals surface area (Å²) in [5.74, 6) is 0. The van der Waals surface area contributed by atoms with Crippen LogP contribution in [0.5, 0.6) is 0 Å². The van der Waals surface area contributed by atoms with Gasteiger partial charge in [0.25, 0.3) is 0 Å². The van der Waals surface area contributed by atoms with Crippen molar-refractivity contribution < 1.29 is 5.11 Å². The van der Waals surface area contributed by atoms with Gasteiger partial charge >= 0.3 is 0 Å². The quantitative estimate of drug-likeness (QED) is 0.532. The fourth-order valence-corrected chi connectivity index (χ4v) is 1.56. The molecule has 0 bridgehead atoms. The van der Waals surface area contributed by atoms with Crippen LogP contribution in [0, 0.1) is 0 Å². The fraction of sp³-hybridized carbons (Fsp3) is 1.00. The molecule has 0 rings (SSSR count). The SMILES string of the molecule is CC(C)O.CCCCCCCCCCCC. The number of unbranched alkanes of at least 4 members (excludes halogenated alkanes) is 9. The molecule has 0 aliphatic rings. The zero-order chi connectivity index (χ0) is 12.6. The normalized spacial score (nSPS) is 10.1. The zero-order valence-corrected chi connectivity index (χ0v) is 12.1. The van der Waals surface area contributed by atoms with Crippen molar-refractivity contribution in [3.63, 3.8) is 0 Å². The summed E-state index contributed by atoms with van der Waals surface area (Å²) in [5.41, 5.74) is 0. The van der Waals surface area contributed by atoms with Gasteiger partial charge in [-0.25, -0.2) is 0 Å². The molecule has 0 saturated carbocycles. The highest BCUT2D eigenvalue weighted by Crippen LogP contribution is 2.09. The van der Waals surface area contributed by atoms with Gasteiger partial charge in [0, 0.05) is 6.10 Å². The summed E-state index contributed by atoms with van der Waals surface area (Å²) >= 11 is 0. The van der Waals surface area contributed by atoms with E-state index in [4.69, 9.17) is 5.11 Å². The van der Waals surface area contributed by atoms with Crippen molar-refractivity contribution in [2.75, 3.05) is 0 Å². The maximum absolute atomic E-state index is 8.06. The van der Waals surface area contributed by atoms with E-state index in [1.54, 1.807) is 13.8 Å². The first-order chi connectivity index (χ1) is 7.65. The van der Waals surface area contributed by atoms with Crippen LogP contribution in [0.15, 0.2) is 0 Å². The van der Waals surface area contributed by atoms with Crippen molar-refractivity contribution in [3.05, 3.63) is 0 Å². The van der Waals surface area contributed by atoms with Gasteiger partial charge < -0.3 is 5.11 Å². The minimum atomic E-state index is -0.167. The van der Waals surface area contributed by atoms with Gasteiger partial charge in [-0.05, 0) is 13.8 Å². The van der Waals surface area contributed by atoms with Crippen LogP contribution in [-0.2, 0) is 0 Å². The van der Waals surface area contributed by atoms with E-state index in [0.29, 0.717) is 0 Å². The lowest BCUT2D eigenvalue weighted by Gasteiger charge is -1.99. The van der Waals surface area contributed by atoms with Crippen molar-refractivity contribution >= 4 is 0 Å². The minimum absolute atomic E-state index is 0.167. The lowest BCUT2D eigenvalue weighted by Crippen LogP contribution is -1.85. The fourth-order valence-electron chi connectivity index (χ4n) is 1.56. The molecule has 0 amide bonds. The molecule has 0 aromatic heterocycles. The van der Waals surface area contributed by atoms with Crippen molar-refractivity contribution in [3.8, 4) is 0 Å². The molecule has 1 nitrogen and oxygen atoms in total. The number of rotatable bonds is 9. The van der Waals surface area contributed by atoms with Gasteiger partial charge in [0.15, 0.2) is 0 Å². The van der Waals surface area contributed by atoms with Gasteiger partial charge in [-0.2, -0.15) is 0 Å². The third-order valence-corrected chi connectivity index (χ3v) is 2.46. The van der Waals surface area contributed by atoms with E-state index in [0.717, 1.165) is 0 Å². The number of hydrogen-bond acceptors (Lipinski definition) is 1. The highest BCUT2D eigenvalue weighted by molar-refractivity contribution is 4.45. The maximum Gasteiger partial charge on any atom is 0.0483 e. The van der Waals surface area contributed by atoms with Crippen LogP contribution >= 0.6 is 0 Å². The number of aliphatic hydroxyl groups is 1. The molecule has 0 aromatic carbocycles. The number of hydrogen-bond donors (Lipinski definition) is 1. The van der Waals surface area contributed by atoms with Crippen molar-refractivity contribution in [1.82, 2.24) is 0 Å². The van der Waals surface area contributed by atoms with E-state index >= 15 is 0 Å². The van der Waals surface area contributed by atoms with Crippen LogP contribution in [0.25, 0.3) is 0 Å². The second-order valence-corrected chi connectivity index (χ2v) is 4.92. The molecule has 0 heterocycles. The van der Waals surface area contributed by atoms with Crippen LogP contribution in [0.1, 0.15) is 91.9 Å². The molecule has 0 aromatic rings. The van der Waals surface area contributed by atoms with Gasteiger partial charge in [-0.3, -0.25) is 0 Å². The summed E-state index contributed by atoms with van der Waals surface area (Å²) in [6.07, 6.45) is 14.3. The molecule has 0 unspecified atom stereocenters. The summed E-state index contributed by atoms with van der Waals surface area (Å²) in [7, 11) is 0. The van der Waals surface area contributed by atoms with E-state index < -0.39 is 0 Å². The summed E-state index contributed by atoms with van der Waals surface area (Å²) in [6.45, 7) is 8.00. The molecular weight excluding hydrogens is 196 g/mol. The van der Waals surface area contributed by atoms with Gasteiger partial charge in [0.05, 0.1) is 0 Å². The van der Waals surface area contributed by atoms with E-state index in [2.05, 4.69) is 13.8 Å². The average Bonchev–Trinajstić information content (AvgIpc) is 2.21. The molecule has 0 saturated heterocycles. The van der Waals surface area contributed by atoms with Crippen LogP contribution in [0.4, 0.5) is 0 Å². The first kappa shape index (κ1) is 18.3. The van der Waals surface area contributed by atoms with E-state index in [-0.39, 0.29) is 6.10 Å². The van der Waals surface area contributed by atoms with Crippen molar-refractivity contribution in [1.29, 1.82) is 0 Å². The molecular formula is C15H34O. The summed E-state index contributed by atoms with van der Waals surface area (Å²) in [6, 6.07) is 0. The topological polar surface area (TPSA) is 20.2 Å². The second kappa shape index (κ2) is 17.4. The molecule has 0 radical (unpaired) electrons. The second-order valence-electron chi connectivity index (χ2n) is 4.92. The van der Waals surface area contributed by atoms with E-state index in [9.17, 15) is 0 Å². The van der Waals surface area contributed by atoms with Crippen LogP contribution < -0.4 is 0 Å². The standard InChI is InChI=1S/C12H26.C3H8O/c1-3-5-7-9-11-12-10-8-6-4-2;1-3(2)4/h3-12H2,1-2H3;3-4H,1-2H3. The molecule has 0 atom stereocenters. The lowest BCUT2D eigenvalue weighted by molar-refractivity contribution is 0.216. The minimum Gasteiger partial charge on any atom is -0.394 e. The molecule has 16 heavy (non-hydrogen) atoms. The molecule has 1 heteroatoms. The predicted octanol–water partition coefficient (Wildman–Crippen LogP) is 5.31. The Morgan fingerprint density at radius 3 is 1.00 bits per heavy atom. The first-order valence-corrected chi connectivity index (χ1v) is 7.33. The Morgan fingerprint density at radius 2 is 0.812 bits per heavy atom. The molecule has 0 aliphatic carbocycles. The highest BCUT2D eigenvalue weighted by atomic mass is 16.3. The van der Waals surface area contributed by atoms with Gasteiger partial charge in [0.2, 0.25) is 0 Å². The Balaban J connectivity index is 0. The molecule has 0 fully saturated rings. The Hall–Kier alpha value is -0.0400. The monoisotopic (exact) mass is 230 g/mol. The molecule has 1 N–H and O–H groups in total. The van der Waals surface area contributed by atoms with Crippen molar-refractivity contribution in [2.24, 2.45) is 0 Å². The van der Waals surface area contributed by atoms with Crippen molar-refractivity contribution in [2.45, 2.75) is 98.0 Å². The van der Waals surface area contributed by atoms with E-state index in [1.165, 1.54) is 64.2 Å². The third-order valence-electron chi connectivity index (χ3n) is 2.46. The van der Waals surface area contributed by atoms with E-state index in [1.807, 2.05) is 0 Å². The Labute approximate surface area is 104 Å². The summed E-state index contributed by atoms with van der Waals surface area (Å²) < 4.78 is 0.